The van der Waals surface area contributed by atoms with E-state index in [0.29, 0.717) is 6.42 Å². The zero-order chi connectivity index (χ0) is 8.85. The molecule has 0 spiro atoms. The largest absolute Gasteiger partial charge is 0.468 e. The third-order valence-corrected chi connectivity index (χ3v) is 2.65. The van der Waals surface area contributed by atoms with Crippen LogP contribution in [0.2, 0.25) is 0 Å². The van der Waals surface area contributed by atoms with Crippen LogP contribution in [0.25, 0.3) is 0 Å². The molecule has 0 saturated heterocycles. The van der Waals surface area contributed by atoms with Crippen LogP contribution in [0.1, 0.15) is 19.8 Å². The molecule has 0 aromatic heterocycles. The molecule has 0 bridgehead atoms. The molecule has 0 saturated carbocycles. The molecule has 4 heteroatoms. The van der Waals surface area contributed by atoms with E-state index in [0.717, 1.165) is 6.42 Å². The molecule has 0 radical (unpaired) electrons. The Morgan fingerprint density at radius 3 is 2.45 bits per heavy atom. The minimum Gasteiger partial charge on any atom is -0.468 e. The van der Waals surface area contributed by atoms with Crippen LogP contribution in [0, 0.1) is 0 Å². The van der Waals surface area contributed by atoms with Gasteiger partial charge in [-0.25, -0.2) is 0 Å². The maximum absolute atomic E-state index is 10.9. The van der Waals surface area contributed by atoms with Gasteiger partial charge in [0.25, 0.3) is 0 Å². The topological polar surface area (TPSA) is 43.4 Å². The van der Waals surface area contributed by atoms with E-state index >= 15 is 0 Å². The summed E-state index contributed by atoms with van der Waals surface area (Å²) >= 11 is 0. The van der Waals surface area contributed by atoms with Gasteiger partial charge in [-0.15, -0.1) is 0 Å². The summed E-state index contributed by atoms with van der Waals surface area (Å²) in [6.45, 7) is 1.95. The Balaban J connectivity index is 4.09. The van der Waals surface area contributed by atoms with Gasteiger partial charge in [-0.3, -0.25) is 9.00 Å². The van der Waals surface area contributed by atoms with E-state index in [1.165, 1.54) is 13.4 Å². The van der Waals surface area contributed by atoms with Gasteiger partial charge in [-0.05, 0) is 6.42 Å². The van der Waals surface area contributed by atoms with Crippen LogP contribution in [0.15, 0.2) is 0 Å². The highest BCUT2D eigenvalue weighted by atomic mass is 32.2. The van der Waals surface area contributed by atoms with Gasteiger partial charge in [-0.2, -0.15) is 0 Å². The number of methoxy groups -OCH3 is 1. The highest BCUT2D eigenvalue weighted by molar-refractivity contribution is 7.85. The van der Waals surface area contributed by atoms with Gasteiger partial charge in [0.15, 0.2) is 0 Å². The predicted octanol–water partition coefficient (Wildman–Crippen LogP) is 0.707. The van der Waals surface area contributed by atoms with Gasteiger partial charge in [0.2, 0.25) is 0 Å². The van der Waals surface area contributed by atoms with Crippen molar-refractivity contribution in [1.29, 1.82) is 0 Å². The Kier molecular flexibility index (Phi) is 5.11. The molecule has 3 nitrogen and oxygen atoms in total. The number of carbonyl (C=O) groups excluding carboxylic acids is 1. The van der Waals surface area contributed by atoms with Crippen molar-refractivity contribution >= 4 is 16.8 Å². The predicted molar refractivity (Wildman–Crippen MR) is 44.8 cm³/mol. The molecule has 0 N–H and O–H groups in total. The maximum atomic E-state index is 10.9. The van der Waals surface area contributed by atoms with Crippen molar-refractivity contribution in [2.75, 3.05) is 13.4 Å². The lowest BCUT2D eigenvalue weighted by molar-refractivity contribution is -0.140. The zero-order valence-corrected chi connectivity index (χ0v) is 7.94. The van der Waals surface area contributed by atoms with Crippen molar-refractivity contribution in [3.8, 4) is 0 Å². The smallest absolute Gasteiger partial charge is 0.321 e. The van der Waals surface area contributed by atoms with Gasteiger partial charge in [0.1, 0.15) is 5.25 Å². The van der Waals surface area contributed by atoms with Gasteiger partial charge in [0.05, 0.1) is 7.11 Å². The monoisotopic (exact) mass is 178 g/mol. The van der Waals surface area contributed by atoms with Crippen LogP contribution >= 0.6 is 0 Å². The molecule has 0 fully saturated rings. The van der Waals surface area contributed by atoms with E-state index in [1.54, 1.807) is 0 Å². The second-order valence-corrected chi connectivity index (χ2v) is 3.87. The molecule has 0 heterocycles. The fraction of sp³-hybridized carbons (Fsp3) is 0.857. The number of carbonyl (C=O) groups is 1. The quantitative estimate of drug-likeness (QED) is 0.595. The van der Waals surface area contributed by atoms with Crippen LogP contribution in [-0.4, -0.2) is 28.8 Å². The lowest BCUT2D eigenvalue weighted by Gasteiger charge is -2.09. The summed E-state index contributed by atoms with van der Waals surface area (Å²) in [5.74, 6) is -0.368. The van der Waals surface area contributed by atoms with E-state index in [-0.39, 0.29) is 5.97 Å². The van der Waals surface area contributed by atoms with E-state index in [1.807, 2.05) is 6.92 Å². The maximum Gasteiger partial charge on any atom is 0.321 e. The molecule has 2 atom stereocenters. The van der Waals surface area contributed by atoms with Gasteiger partial charge in [-0.1, -0.05) is 13.3 Å². The van der Waals surface area contributed by atoms with Gasteiger partial charge < -0.3 is 4.74 Å². The highest BCUT2D eigenvalue weighted by Gasteiger charge is 2.21. The Morgan fingerprint density at radius 2 is 2.18 bits per heavy atom. The molecule has 0 aliphatic rings. The van der Waals surface area contributed by atoms with Crippen molar-refractivity contribution in [3.05, 3.63) is 0 Å². The summed E-state index contributed by atoms with van der Waals surface area (Å²) < 4.78 is 15.4. The third kappa shape index (κ3) is 3.51. The second kappa shape index (κ2) is 5.29. The number of rotatable bonds is 4. The normalized spacial score (nSPS) is 15.5. The number of hydrogen-bond acceptors (Lipinski definition) is 3. The van der Waals surface area contributed by atoms with Crippen molar-refractivity contribution in [3.63, 3.8) is 0 Å². The average Bonchev–Trinajstić information content (AvgIpc) is 1.98. The van der Waals surface area contributed by atoms with E-state index in [2.05, 4.69) is 4.74 Å². The molecular formula is C7H14O3S. The highest BCUT2D eigenvalue weighted by Crippen LogP contribution is 2.05. The lowest BCUT2D eigenvalue weighted by Crippen LogP contribution is -2.26. The van der Waals surface area contributed by atoms with Crippen LogP contribution in [0.3, 0.4) is 0 Å². The van der Waals surface area contributed by atoms with E-state index in [4.69, 9.17) is 0 Å². The number of esters is 1. The average molecular weight is 178 g/mol. The minimum atomic E-state index is -1.11. The first-order chi connectivity index (χ1) is 5.13. The molecule has 0 amide bonds. The third-order valence-electron chi connectivity index (χ3n) is 1.42. The molecule has 2 unspecified atom stereocenters. The zero-order valence-electron chi connectivity index (χ0n) is 7.12. The molecule has 0 aliphatic carbocycles. The van der Waals surface area contributed by atoms with Crippen LogP contribution in [0.4, 0.5) is 0 Å². The van der Waals surface area contributed by atoms with Crippen molar-refractivity contribution in [2.45, 2.75) is 25.0 Å². The Morgan fingerprint density at radius 1 is 1.64 bits per heavy atom. The van der Waals surface area contributed by atoms with Crippen LogP contribution < -0.4 is 0 Å². The van der Waals surface area contributed by atoms with Crippen molar-refractivity contribution < 1.29 is 13.7 Å². The molecule has 0 aliphatic heterocycles. The lowest BCUT2D eigenvalue weighted by atomic mass is 10.2. The van der Waals surface area contributed by atoms with Crippen molar-refractivity contribution in [1.82, 2.24) is 0 Å². The molecule has 0 aromatic rings. The first-order valence-corrected chi connectivity index (χ1v) is 5.15. The molecule has 0 aromatic carbocycles. The van der Waals surface area contributed by atoms with Crippen molar-refractivity contribution in [2.24, 2.45) is 0 Å². The fourth-order valence-corrected chi connectivity index (χ4v) is 1.75. The van der Waals surface area contributed by atoms with E-state index < -0.39 is 16.0 Å². The molecule has 11 heavy (non-hydrogen) atoms. The first kappa shape index (κ1) is 10.6. The second-order valence-electron chi connectivity index (χ2n) is 2.30. The minimum absolute atomic E-state index is 0.368. The SMILES string of the molecule is CCCC(C(=O)OC)S(C)=O. The summed E-state index contributed by atoms with van der Waals surface area (Å²) in [6, 6.07) is 0. The fourth-order valence-electron chi connectivity index (χ4n) is 0.813. The number of hydrogen-bond donors (Lipinski definition) is 0. The summed E-state index contributed by atoms with van der Waals surface area (Å²) in [7, 11) is 0.210. The Hall–Kier alpha value is -0.380. The Bertz CT molecular complexity index is 156. The van der Waals surface area contributed by atoms with Gasteiger partial charge >= 0.3 is 5.97 Å². The standard InChI is InChI=1S/C7H14O3S/c1-4-5-6(11(3)9)7(8)10-2/h6H,4-5H2,1-3H3. The van der Waals surface area contributed by atoms with E-state index in [9.17, 15) is 9.00 Å². The van der Waals surface area contributed by atoms with Gasteiger partial charge in [0, 0.05) is 17.1 Å². The Labute approximate surface area is 69.6 Å². The molecular weight excluding hydrogens is 164 g/mol. The van der Waals surface area contributed by atoms with Crippen LogP contribution in [0.5, 0.6) is 0 Å². The molecule has 0 rings (SSSR count). The summed E-state index contributed by atoms with van der Waals surface area (Å²) in [6.07, 6.45) is 3.01. The summed E-state index contributed by atoms with van der Waals surface area (Å²) in [4.78, 5) is 10.9. The molecule has 66 valence electrons. The summed E-state index contributed by atoms with van der Waals surface area (Å²) in [5.41, 5.74) is 0. The summed E-state index contributed by atoms with van der Waals surface area (Å²) in [5, 5.41) is -0.440. The van der Waals surface area contributed by atoms with Crippen LogP contribution in [-0.2, 0) is 20.3 Å². The first-order valence-electron chi connectivity index (χ1n) is 3.53. The number of ether oxygens (including phenoxy) is 1.